The second kappa shape index (κ2) is 5.74. The van der Waals surface area contributed by atoms with E-state index in [4.69, 9.17) is 0 Å². The van der Waals surface area contributed by atoms with Crippen molar-refractivity contribution in [1.82, 2.24) is 9.97 Å². The number of fused-ring (bicyclic) bond motifs is 4. The van der Waals surface area contributed by atoms with Gasteiger partial charge in [0.15, 0.2) is 0 Å². The molecule has 6 nitrogen and oxygen atoms in total. The van der Waals surface area contributed by atoms with E-state index in [1.54, 1.807) is 17.2 Å². The van der Waals surface area contributed by atoms with Crippen molar-refractivity contribution < 1.29 is 9.90 Å². The number of aromatic nitrogens is 2. The van der Waals surface area contributed by atoms with E-state index in [-0.39, 0.29) is 11.7 Å². The number of H-pyrrole nitrogens is 1. The van der Waals surface area contributed by atoms with E-state index in [1.807, 2.05) is 43.4 Å². The number of rotatable bonds is 2. The lowest BCUT2D eigenvalue weighted by atomic mass is 10.0. The highest BCUT2D eigenvalue weighted by Gasteiger charge is 2.29. The van der Waals surface area contributed by atoms with Gasteiger partial charge in [0.2, 0.25) is 0 Å². The Bertz CT molecular complexity index is 1210. The molecule has 0 radical (unpaired) electrons. The van der Waals surface area contributed by atoms with E-state index in [0.717, 1.165) is 45.2 Å². The molecule has 6 heteroatoms. The Morgan fingerprint density at radius 2 is 2.04 bits per heavy atom. The lowest BCUT2D eigenvalue weighted by Gasteiger charge is -2.17. The predicted octanol–water partition coefficient (Wildman–Crippen LogP) is 3.67. The number of amides is 1. The van der Waals surface area contributed by atoms with Crippen LogP contribution in [-0.2, 0) is 6.42 Å². The minimum absolute atomic E-state index is 0.106. The number of carbonyl (C=O) groups is 1. The van der Waals surface area contributed by atoms with Crippen molar-refractivity contribution in [3.8, 4) is 5.75 Å². The number of phenols is 1. The number of nitrogens with zero attached hydrogens (tertiary/aromatic N) is 2. The van der Waals surface area contributed by atoms with Crippen molar-refractivity contribution in [3.63, 3.8) is 0 Å². The fourth-order valence-corrected chi connectivity index (χ4v) is 3.89. The summed E-state index contributed by atoms with van der Waals surface area (Å²) in [4.78, 5) is 22.3. The Morgan fingerprint density at radius 3 is 2.85 bits per heavy atom. The summed E-state index contributed by atoms with van der Waals surface area (Å²) in [5, 5.41) is 16.2. The summed E-state index contributed by atoms with van der Waals surface area (Å²) in [5.74, 6) is 0.845. The third kappa shape index (κ3) is 2.33. The summed E-state index contributed by atoms with van der Waals surface area (Å²) in [6.45, 7) is 0.594. The Hall–Kier alpha value is -3.54. The van der Waals surface area contributed by atoms with Crippen molar-refractivity contribution in [2.45, 2.75) is 6.42 Å². The molecule has 0 atom stereocenters. The fraction of sp³-hybridized carbons (Fsp3) is 0.143. The largest absolute Gasteiger partial charge is 0.507 e. The van der Waals surface area contributed by atoms with Crippen LogP contribution in [0.5, 0.6) is 5.75 Å². The molecule has 0 saturated carbocycles. The number of benzene rings is 2. The predicted molar refractivity (Wildman–Crippen MR) is 107 cm³/mol. The van der Waals surface area contributed by atoms with Crippen molar-refractivity contribution >= 4 is 39.1 Å². The molecule has 2 aromatic carbocycles. The Balaban J connectivity index is 1.58. The molecule has 134 valence electrons. The standard InChI is InChI=1S/C21H18N4O2/c1-22-20-9-12-8-16(24-17(12)11-23-20)21(27)25-7-6-14-13-4-2-3-5-15(13)19(26)10-18(14)25/h2-5,8-11,24,26H,6-7H2,1H3,(H,22,23). The number of aromatic amines is 1. The van der Waals surface area contributed by atoms with Crippen LogP contribution in [0.2, 0.25) is 0 Å². The molecule has 5 rings (SSSR count). The second-order valence-corrected chi connectivity index (χ2v) is 6.74. The Labute approximate surface area is 155 Å². The molecule has 1 aliphatic heterocycles. The zero-order chi connectivity index (χ0) is 18.5. The van der Waals surface area contributed by atoms with Crippen molar-refractivity contribution in [1.29, 1.82) is 0 Å². The van der Waals surface area contributed by atoms with Gasteiger partial charge in [0, 0.05) is 30.4 Å². The Morgan fingerprint density at radius 1 is 1.22 bits per heavy atom. The minimum atomic E-state index is -0.106. The molecule has 1 aliphatic rings. The summed E-state index contributed by atoms with van der Waals surface area (Å²) in [6, 6.07) is 13.2. The molecule has 3 heterocycles. The van der Waals surface area contributed by atoms with E-state index in [0.29, 0.717) is 12.2 Å². The molecule has 0 fully saturated rings. The molecule has 4 aromatic rings. The van der Waals surface area contributed by atoms with E-state index in [9.17, 15) is 9.90 Å². The van der Waals surface area contributed by atoms with Crippen LogP contribution in [0.1, 0.15) is 16.1 Å². The Kier molecular flexibility index (Phi) is 3.33. The summed E-state index contributed by atoms with van der Waals surface area (Å²) in [7, 11) is 1.81. The van der Waals surface area contributed by atoms with Gasteiger partial charge in [-0.15, -0.1) is 0 Å². The van der Waals surface area contributed by atoms with Gasteiger partial charge in [-0.2, -0.15) is 0 Å². The zero-order valence-electron chi connectivity index (χ0n) is 14.8. The number of aromatic hydroxyl groups is 1. The molecule has 0 saturated heterocycles. The van der Waals surface area contributed by atoms with Gasteiger partial charge in [-0.05, 0) is 29.5 Å². The molecule has 0 unspecified atom stereocenters. The first-order chi connectivity index (χ1) is 13.2. The normalized spacial score (nSPS) is 13.3. The van der Waals surface area contributed by atoms with Crippen LogP contribution in [0, 0.1) is 0 Å². The highest BCUT2D eigenvalue weighted by molar-refractivity contribution is 6.10. The topological polar surface area (TPSA) is 81.3 Å². The molecule has 0 spiro atoms. The highest BCUT2D eigenvalue weighted by atomic mass is 16.3. The van der Waals surface area contributed by atoms with Crippen LogP contribution in [0.15, 0.2) is 48.7 Å². The lowest BCUT2D eigenvalue weighted by Crippen LogP contribution is -2.29. The maximum atomic E-state index is 13.2. The third-order valence-corrected chi connectivity index (χ3v) is 5.22. The van der Waals surface area contributed by atoms with Gasteiger partial charge < -0.3 is 20.3 Å². The van der Waals surface area contributed by atoms with Gasteiger partial charge in [-0.25, -0.2) is 4.98 Å². The van der Waals surface area contributed by atoms with E-state index in [2.05, 4.69) is 15.3 Å². The van der Waals surface area contributed by atoms with Crippen LogP contribution < -0.4 is 10.2 Å². The van der Waals surface area contributed by atoms with Crippen LogP contribution >= 0.6 is 0 Å². The van der Waals surface area contributed by atoms with Crippen LogP contribution in [0.3, 0.4) is 0 Å². The van der Waals surface area contributed by atoms with E-state index < -0.39 is 0 Å². The van der Waals surface area contributed by atoms with Gasteiger partial charge in [-0.3, -0.25) is 4.79 Å². The molecular weight excluding hydrogens is 340 g/mol. The molecule has 2 aromatic heterocycles. The smallest absolute Gasteiger partial charge is 0.274 e. The average molecular weight is 358 g/mol. The summed E-state index contributed by atoms with van der Waals surface area (Å²) in [6.07, 6.45) is 2.49. The van der Waals surface area contributed by atoms with Crippen LogP contribution in [-0.4, -0.2) is 34.6 Å². The second-order valence-electron chi connectivity index (χ2n) is 6.74. The highest BCUT2D eigenvalue weighted by Crippen LogP contribution is 2.40. The third-order valence-electron chi connectivity index (χ3n) is 5.22. The number of carbonyl (C=O) groups excluding carboxylic acids is 1. The summed E-state index contributed by atoms with van der Waals surface area (Å²) < 4.78 is 0. The lowest BCUT2D eigenvalue weighted by molar-refractivity contribution is 0.0985. The number of anilines is 2. The van der Waals surface area contributed by atoms with Crippen LogP contribution in [0.25, 0.3) is 21.7 Å². The molecule has 0 bridgehead atoms. The number of phenolic OH excluding ortho intramolecular Hbond substituents is 1. The molecule has 27 heavy (non-hydrogen) atoms. The van der Waals surface area contributed by atoms with Crippen molar-refractivity contribution in [2.24, 2.45) is 0 Å². The number of hydrogen-bond acceptors (Lipinski definition) is 4. The number of hydrogen-bond donors (Lipinski definition) is 3. The van der Waals surface area contributed by atoms with Gasteiger partial charge in [0.05, 0.1) is 17.4 Å². The fourth-order valence-electron chi connectivity index (χ4n) is 3.89. The monoisotopic (exact) mass is 358 g/mol. The quantitative estimate of drug-likeness (QED) is 0.511. The maximum Gasteiger partial charge on any atom is 0.274 e. The maximum absolute atomic E-state index is 13.2. The van der Waals surface area contributed by atoms with Crippen LogP contribution in [0.4, 0.5) is 11.5 Å². The van der Waals surface area contributed by atoms with Gasteiger partial charge in [0.25, 0.3) is 5.91 Å². The first kappa shape index (κ1) is 15.7. The van der Waals surface area contributed by atoms with Gasteiger partial charge in [-0.1, -0.05) is 24.3 Å². The SMILES string of the molecule is CNc1cc2cc(C(=O)N3CCc4c3cc(O)c3ccccc43)[nH]c2cn1. The molecule has 3 N–H and O–H groups in total. The molecule has 1 amide bonds. The van der Waals surface area contributed by atoms with Gasteiger partial charge >= 0.3 is 0 Å². The summed E-state index contributed by atoms with van der Waals surface area (Å²) in [5.41, 5.74) is 3.22. The first-order valence-electron chi connectivity index (χ1n) is 8.87. The average Bonchev–Trinajstić information content (AvgIpc) is 3.31. The van der Waals surface area contributed by atoms with Gasteiger partial charge in [0.1, 0.15) is 17.3 Å². The van der Waals surface area contributed by atoms with E-state index >= 15 is 0 Å². The van der Waals surface area contributed by atoms with Crippen molar-refractivity contribution in [3.05, 3.63) is 59.9 Å². The molecule has 0 aliphatic carbocycles. The van der Waals surface area contributed by atoms with Crippen molar-refractivity contribution in [2.75, 3.05) is 23.8 Å². The minimum Gasteiger partial charge on any atom is -0.507 e. The zero-order valence-corrected chi connectivity index (χ0v) is 14.8. The van der Waals surface area contributed by atoms with E-state index in [1.165, 1.54) is 0 Å². The number of nitrogens with one attached hydrogen (secondary N) is 2. The molecular formula is C21H18N4O2. The number of pyridine rings is 1. The summed E-state index contributed by atoms with van der Waals surface area (Å²) >= 11 is 0. The first-order valence-corrected chi connectivity index (χ1v) is 8.87.